The minimum atomic E-state index is -3.93. The number of ketones is 1. The Balaban J connectivity index is 2.02. The molecule has 27 heavy (non-hydrogen) atoms. The number of sulfonamides is 1. The van der Waals surface area contributed by atoms with E-state index in [-0.39, 0.29) is 21.9 Å². The van der Waals surface area contributed by atoms with Crippen molar-refractivity contribution in [2.24, 2.45) is 0 Å². The number of rotatable bonds is 5. The number of nitrogens with one attached hydrogen (secondary N) is 1. The Bertz CT molecular complexity index is 1110. The largest absolute Gasteiger partial charge is 0.289 e. The molecule has 0 spiro atoms. The number of hydrogen-bond donors (Lipinski definition) is 1. The van der Waals surface area contributed by atoms with Gasteiger partial charge >= 0.3 is 0 Å². The predicted molar refractivity (Wildman–Crippen MR) is 108 cm³/mol. The molecule has 0 aliphatic rings. The van der Waals surface area contributed by atoms with Gasteiger partial charge in [-0.3, -0.25) is 9.52 Å². The molecule has 138 valence electrons. The van der Waals surface area contributed by atoms with Crippen molar-refractivity contribution in [1.29, 1.82) is 0 Å². The zero-order chi connectivity index (χ0) is 19.6. The average molecular weight is 420 g/mol. The topological polar surface area (TPSA) is 63.2 Å². The molecular weight excluding hydrogens is 405 g/mol. The van der Waals surface area contributed by atoms with Crippen LogP contribution in [0, 0.1) is 6.92 Å². The molecule has 3 aromatic rings. The molecule has 0 heterocycles. The first kappa shape index (κ1) is 19.4. The molecule has 1 N–H and O–H groups in total. The summed E-state index contributed by atoms with van der Waals surface area (Å²) in [5.74, 6) is -0.335. The fourth-order valence-electron chi connectivity index (χ4n) is 2.48. The van der Waals surface area contributed by atoms with E-state index in [0.29, 0.717) is 15.6 Å². The minimum absolute atomic E-state index is 0.00570. The van der Waals surface area contributed by atoms with Crippen LogP contribution in [0.15, 0.2) is 71.6 Å². The zero-order valence-corrected chi connectivity index (χ0v) is 16.6. The van der Waals surface area contributed by atoms with Gasteiger partial charge in [0.2, 0.25) is 0 Å². The smallest absolute Gasteiger partial charge is 0.261 e. The lowest BCUT2D eigenvalue weighted by atomic mass is 10.0. The number of aryl methyl sites for hydroxylation is 1. The van der Waals surface area contributed by atoms with Gasteiger partial charge in [-0.25, -0.2) is 8.42 Å². The van der Waals surface area contributed by atoms with Gasteiger partial charge in [0.1, 0.15) is 0 Å². The molecule has 0 atom stereocenters. The Morgan fingerprint density at radius 1 is 0.926 bits per heavy atom. The fraction of sp³-hybridized carbons (Fsp3) is 0.0500. The van der Waals surface area contributed by atoms with Crippen LogP contribution >= 0.6 is 23.2 Å². The molecule has 4 nitrogen and oxygen atoms in total. The fourth-order valence-corrected chi connectivity index (χ4v) is 4.01. The molecule has 0 aliphatic carbocycles. The summed E-state index contributed by atoms with van der Waals surface area (Å²) in [6.45, 7) is 1.78. The van der Waals surface area contributed by atoms with Crippen molar-refractivity contribution < 1.29 is 13.2 Å². The Kier molecular flexibility index (Phi) is 5.56. The Labute approximate surface area is 167 Å². The van der Waals surface area contributed by atoms with E-state index in [4.69, 9.17) is 23.2 Å². The Morgan fingerprint density at radius 2 is 1.63 bits per heavy atom. The van der Waals surface area contributed by atoms with Gasteiger partial charge < -0.3 is 0 Å². The van der Waals surface area contributed by atoms with Crippen LogP contribution < -0.4 is 4.72 Å². The third-order valence-electron chi connectivity index (χ3n) is 3.96. The summed E-state index contributed by atoms with van der Waals surface area (Å²) in [5.41, 5.74) is 1.50. The van der Waals surface area contributed by atoms with Crippen molar-refractivity contribution >= 4 is 44.7 Å². The average Bonchev–Trinajstić information content (AvgIpc) is 2.65. The lowest BCUT2D eigenvalue weighted by Gasteiger charge is -2.13. The number of carbonyl (C=O) groups is 1. The first-order chi connectivity index (χ1) is 12.8. The molecule has 3 rings (SSSR count). The maximum absolute atomic E-state index is 12.8. The second kappa shape index (κ2) is 7.72. The van der Waals surface area contributed by atoms with Crippen molar-refractivity contribution in [2.45, 2.75) is 11.8 Å². The van der Waals surface area contributed by atoms with E-state index < -0.39 is 10.0 Å². The van der Waals surface area contributed by atoms with Crippen LogP contribution in [0.5, 0.6) is 0 Å². The molecule has 0 radical (unpaired) electrons. The molecule has 0 amide bonds. The van der Waals surface area contributed by atoms with Crippen LogP contribution in [0.2, 0.25) is 10.0 Å². The van der Waals surface area contributed by atoms with E-state index >= 15 is 0 Å². The van der Waals surface area contributed by atoms with Gasteiger partial charge in [0.25, 0.3) is 10.0 Å². The molecule has 0 saturated carbocycles. The standard InChI is InChI=1S/C20H15Cl2NO3S/c1-13-7-9-16(12-18(13)22)27(25,26)23-19-10-8-15(21)11-17(19)20(24)14-5-3-2-4-6-14/h2-12,23H,1H3. The summed E-state index contributed by atoms with van der Waals surface area (Å²) >= 11 is 12.1. The number of carbonyl (C=O) groups excluding carboxylic acids is 1. The third-order valence-corrected chi connectivity index (χ3v) is 5.97. The molecule has 0 bridgehead atoms. The maximum Gasteiger partial charge on any atom is 0.261 e. The van der Waals surface area contributed by atoms with Gasteiger partial charge in [0, 0.05) is 21.2 Å². The summed E-state index contributed by atoms with van der Waals surface area (Å²) in [4.78, 5) is 12.8. The number of anilines is 1. The van der Waals surface area contributed by atoms with Gasteiger partial charge in [-0.2, -0.15) is 0 Å². The third kappa shape index (κ3) is 4.33. The lowest BCUT2D eigenvalue weighted by Crippen LogP contribution is -2.16. The summed E-state index contributed by atoms with van der Waals surface area (Å²) in [7, 11) is -3.93. The van der Waals surface area contributed by atoms with Gasteiger partial charge in [-0.05, 0) is 42.8 Å². The second-order valence-corrected chi connectivity index (χ2v) is 8.43. The SMILES string of the molecule is Cc1ccc(S(=O)(=O)Nc2ccc(Cl)cc2C(=O)c2ccccc2)cc1Cl. The molecule has 3 aromatic carbocycles. The van der Waals surface area contributed by atoms with Crippen molar-refractivity contribution in [2.75, 3.05) is 4.72 Å². The summed E-state index contributed by atoms with van der Waals surface area (Å²) in [6.07, 6.45) is 0. The molecule has 0 fully saturated rings. The van der Waals surface area contributed by atoms with Gasteiger partial charge in [0.15, 0.2) is 5.78 Å². The monoisotopic (exact) mass is 419 g/mol. The number of hydrogen-bond acceptors (Lipinski definition) is 3. The first-order valence-electron chi connectivity index (χ1n) is 7.96. The van der Waals surface area contributed by atoms with E-state index in [2.05, 4.69) is 4.72 Å². The quantitative estimate of drug-likeness (QED) is 0.568. The van der Waals surface area contributed by atoms with Crippen LogP contribution in [0.4, 0.5) is 5.69 Å². The van der Waals surface area contributed by atoms with Gasteiger partial charge in [0.05, 0.1) is 10.6 Å². The minimum Gasteiger partial charge on any atom is -0.289 e. The molecule has 0 aromatic heterocycles. The van der Waals surface area contributed by atoms with Crippen LogP contribution in [0.25, 0.3) is 0 Å². The van der Waals surface area contributed by atoms with Crippen molar-refractivity contribution in [3.8, 4) is 0 Å². The van der Waals surface area contributed by atoms with E-state index in [9.17, 15) is 13.2 Å². The van der Waals surface area contributed by atoms with Crippen LogP contribution in [-0.2, 0) is 10.0 Å². The Morgan fingerprint density at radius 3 is 2.30 bits per heavy atom. The van der Waals surface area contributed by atoms with E-state index in [0.717, 1.165) is 5.56 Å². The highest BCUT2D eigenvalue weighted by Gasteiger charge is 2.20. The highest BCUT2D eigenvalue weighted by atomic mass is 35.5. The molecule has 0 saturated heterocycles. The number of halogens is 2. The second-order valence-electron chi connectivity index (χ2n) is 5.90. The van der Waals surface area contributed by atoms with Crippen molar-refractivity contribution in [1.82, 2.24) is 0 Å². The van der Waals surface area contributed by atoms with Crippen LogP contribution in [-0.4, -0.2) is 14.2 Å². The van der Waals surface area contributed by atoms with Crippen LogP contribution in [0.1, 0.15) is 21.5 Å². The van der Waals surface area contributed by atoms with Crippen molar-refractivity contribution in [3.05, 3.63) is 93.5 Å². The lowest BCUT2D eigenvalue weighted by molar-refractivity contribution is 0.103. The summed E-state index contributed by atoms with van der Waals surface area (Å²) < 4.78 is 28.0. The molecule has 7 heteroatoms. The van der Waals surface area contributed by atoms with Gasteiger partial charge in [-0.1, -0.05) is 59.6 Å². The first-order valence-corrected chi connectivity index (χ1v) is 10.2. The Hall–Kier alpha value is -2.34. The molecule has 0 aliphatic heterocycles. The predicted octanol–water partition coefficient (Wildman–Crippen LogP) is 5.33. The number of benzene rings is 3. The molecular formula is C20H15Cl2NO3S. The van der Waals surface area contributed by atoms with E-state index in [1.54, 1.807) is 43.3 Å². The molecule has 0 unspecified atom stereocenters. The zero-order valence-electron chi connectivity index (χ0n) is 14.2. The summed E-state index contributed by atoms with van der Waals surface area (Å²) in [6, 6.07) is 17.4. The highest BCUT2D eigenvalue weighted by molar-refractivity contribution is 7.92. The highest BCUT2D eigenvalue weighted by Crippen LogP contribution is 2.27. The maximum atomic E-state index is 12.8. The van der Waals surface area contributed by atoms with E-state index in [1.807, 2.05) is 0 Å². The van der Waals surface area contributed by atoms with E-state index in [1.165, 1.54) is 30.3 Å². The van der Waals surface area contributed by atoms with Crippen molar-refractivity contribution in [3.63, 3.8) is 0 Å². The van der Waals surface area contributed by atoms with Crippen LogP contribution in [0.3, 0.4) is 0 Å². The normalized spacial score (nSPS) is 11.2. The summed E-state index contributed by atoms with van der Waals surface area (Å²) in [5, 5.41) is 0.671. The van der Waals surface area contributed by atoms with Gasteiger partial charge in [-0.15, -0.1) is 0 Å².